The van der Waals surface area contributed by atoms with Crippen LogP contribution >= 0.6 is 22.9 Å². The second-order valence-corrected chi connectivity index (χ2v) is 9.48. The highest BCUT2D eigenvalue weighted by Crippen LogP contribution is 2.34. The monoisotopic (exact) mass is 490 g/mol. The minimum absolute atomic E-state index is 0.125. The maximum absolute atomic E-state index is 14.5. The van der Waals surface area contributed by atoms with E-state index in [9.17, 15) is 13.6 Å². The number of aromatic nitrogens is 2. The Labute approximate surface area is 200 Å². The summed E-state index contributed by atoms with van der Waals surface area (Å²) in [7, 11) is 0. The van der Waals surface area contributed by atoms with E-state index in [1.54, 1.807) is 11.3 Å². The number of halogens is 3. The molecule has 1 unspecified atom stereocenters. The van der Waals surface area contributed by atoms with Gasteiger partial charge in [0.15, 0.2) is 0 Å². The lowest BCUT2D eigenvalue weighted by Gasteiger charge is -2.20. The summed E-state index contributed by atoms with van der Waals surface area (Å²) in [4.78, 5) is 23.0. The summed E-state index contributed by atoms with van der Waals surface area (Å²) in [5, 5.41) is 7.97. The van der Waals surface area contributed by atoms with Gasteiger partial charge in [0.05, 0.1) is 16.9 Å². The highest BCUT2D eigenvalue weighted by Gasteiger charge is 2.25. The molecule has 3 heterocycles. The summed E-state index contributed by atoms with van der Waals surface area (Å²) in [6.45, 7) is 1.22. The zero-order valence-electron chi connectivity index (χ0n) is 18.0. The molecule has 3 aromatic rings. The molecule has 0 saturated carbocycles. The molecule has 0 aliphatic carbocycles. The third-order valence-electron chi connectivity index (χ3n) is 5.77. The van der Waals surface area contributed by atoms with Crippen LogP contribution in [0.3, 0.4) is 0 Å². The Kier molecular flexibility index (Phi) is 7.88. The van der Waals surface area contributed by atoms with Gasteiger partial charge in [-0.25, -0.2) is 18.7 Å². The molecular formula is C24H25ClF2N4OS. The van der Waals surface area contributed by atoms with E-state index in [0.29, 0.717) is 24.5 Å². The van der Waals surface area contributed by atoms with Gasteiger partial charge in [0.2, 0.25) is 0 Å². The fourth-order valence-corrected chi connectivity index (χ4v) is 4.96. The van der Waals surface area contributed by atoms with Crippen molar-refractivity contribution in [2.24, 2.45) is 0 Å². The third kappa shape index (κ3) is 5.86. The van der Waals surface area contributed by atoms with Crippen molar-refractivity contribution < 1.29 is 13.6 Å². The first kappa shape index (κ1) is 23.6. The highest BCUT2D eigenvalue weighted by molar-refractivity contribution is 7.09. The van der Waals surface area contributed by atoms with Crippen molar-refractivity contribution in [3.8, 4) is 0 Å². The number of hydrogen-bond acceptors (Lipinski definition) is 5. The average molecular weight is 491 g/mol. The molecule has 0 saturated heterocycles. The number of amides is 1. The first-order chi connectivity index (χ1) is 16.0. The summed E-state index contributed by atoms with van der Waals surface area (Å²) in [5.74, 6) is -1.20. The molecule has 9 heteroatoms. The fraction of sp³-hybridized carbons (Fsp3) is 0.375. The molecule has 2 aromatic heterocycles. The number of anilines is 1. The highest BCUT2D eigenvalue weighted by atomic mass is 35.5. The van der Waals surface area contributed by atoms with E-state index >= 15 is 0 Å². The van der Waals surface area contributed by atoms with Crippen LogP contribution < -0.4 is 10.6 Å². The van der Waals surface area contributed by atoms with Crippen LogP contribution in [-0.4, -0.2) is 29.0 Å². The van der Waals surface area contributed by atoms with Gasteiger partial charge in [0, 0.05) is 29.4 Å². The molecule has 1 aromatic carbocycles. The van der Waals surface area contributed by atoms with Crippen molar-refractivity contribution in [3.63, 3.8) is 0 Å². The number of nitrogens with one attached hydrogen (secondary N) is 2. The van der Waals surface area contributed by atoms with Crippen LogP contribution in [0.5, 0.6) is 0 Å². The van der Waals surface area contributed by atoms with Crippen LogP contribution in [-0.2, 0) is 12.8 Å². The Morgan fingerprint density at radius 2 is 2.06 bits per heavy atom. The van der Waals surface area contributed by atoms with Crippen LogP contribution in [0.25, 0.3) is 0 Å². The molecule has 0 fully saturated rings. The number of fused-ring (bicyclic) bond motifs is 1. The third-order valence-corrected chi connectivity index (χ3v) is 7.11. The average Bonchev–Trinajstić information content (AvgIpc) is 3.35. The molecule has 5 nitrogen and oxygen atoms in total. The lowest BCUT2D eigenvalue weighted by molar-refractivity contribution is 0.0948. The van der Waals surface area contributed by atoms with Crippen molar-refractivity contribution in [1.29, 1.82) is 0 Å². The fourth-order valence-electron chi connectivity index (χ4n) is 4.02. The van der Waals surface area contributed by atoms with Gasteiger partial charge in [-0.15, -0.1) is 11.3 Å². The van der Waals surface area contributed by atoms with Crippen LogP contribution in [0.2, 0.25) is 5.02 Å². The van der Waals surface area contributed by atoms with Gasteiger partial charge in [0.1, 0.15) is 23.1 Å². The molecule has 1 atom stereocenters. The van der Waals surface area contributed by atoms with Gasteiger partial charge in [0.25, 0.3) is 5.91 Å². The largest absolute Gasteiger partial charge is 0.369 e. The smallest absolute Gasteiger partial charge is 0.271 e. The van der Waals surface area contributed by atoms with E-state index < -0.39 is 11.6 Å². The zero-order valence-corrected chi connectivity index (χ0v) is 19.6. The predicted molar refractivity (Wildman–Crippen MR) is 127 cm³/mol. The summed E-state index contributed by atoms with van der Waals surface area (Å²) < 4.78 is 28.5. The van der Waals surface area contributed by atoms with Crippen molar-refractivity contribution in [3.05, 3.63) is 74.3 Å². The van der Waals surface area contributed by atoms with E-state index in [-0.39, 0.29) is 34.5 Å². The van der Waals surface area contributed by atoms with Gasteiger partial charge in [-0.05, 0) is 49.3 Å². The minimum atomic E-state index is -0.653. The number of thiophene rings is 1. The maximum atomic E-state index is 14.5. The molecule has 0 bridgehead atoms. The van der Waals surface area contributed by atoms with Gasteiger partial charge in [-0.1, -0.05) is 30.5 Å². The summed E-state index contributed by atoms with van der Waals surface area (Å²) in [6.07, 6.45) is 5.94. The molecule has 1 amide bonds. The van der Waals surface area contributed by atoms with Crippen LogP contribution in [0.1, 0.15) is 58.2 Å². The molecule has 1 aliphatic heterocycles. The second-order valence-electron chi connectivity index (χ2n) is 8.07. The standard InChI is InChI=1S/C24H25ClF2N4OS/c25-21-17(18(26)7-8-19(21)27)13-15-5-2-1-3-10-28-23-22(15)31-20(14-30-23)24(32)29-11-9-16-6-4-12-33-16/h4,6-8,12,14-15H,1-3,5,9-11,13H2,(H,28,30)(H,29,32). The molecular weight excluding hydrogens is 466 g/mol. The van der Waals surface area contributed by atoms with E-state index in [2.05, 4.69) is 20.6 Å². The molecule has 1 aliphatic rings. The van der Waals surface area contributed by atoms with E-state index in [1.165, 1.54) is 11.1 Å². The van der Waals surface area contributed by atoms with Crippen molar-refractivity contribution in [2.75, 3.05) is 18.4 Å². The predicted octanol–water partition coefficient (Wildman–Crippen LogP) is 5.75. The van der Waals surface area contributed by atoms with Crippen LogP contribution in [0.4, 0.5) is 14.6 Å². The first-order valence-electron chi connectivity index (χ1n) is 11.1. The lowest BCUT2D eigenvalue weighted by atomic mass is 9.90. The zero-order chi connectivity index (χ0) is 23.2. The molecule has 2 N–H and O–H groups in total. The Balaban J connectivity index is 1.58. The normalized spacial score (nSPS) is 16.2. The molecule has 0 radical (unpaired) electrons. The van der Waals surface area contributed by atoms with E-state index in [1.807, 2.05) is 17.5 Å². The van der Waals surface area contributed by atoms with Gasteiger partial charge >= 0.3 is 0 Å². The van der Waals surface area contributed by atoms with Gasteiger partial charge in [-0.3, -0.25) is 4.79 Å². The second kappa shape index (κ2) is 11.0. The van der Waals surface area contributed by atoms with Crippen molar-refractivity contribution >= 4 is 34.7 Å². The quantitative estimate of drug-likeness (QED) is 0.431. The van der Waals surface area contributed by atoms with Crippen molar-refractivity contribution in [1.82, 2.24) is 15.3 Å². The Bertz CT molecular complexity index is 1110. The molecule has 174 valence electrons. The number of nitrogens with zero attached hydrogens (tertiary/aromatic N) is 2. The lowest BCUT2D eigenvalue weighted by Crippen LogP contribution is -2.27. The van der Waals surface area contributed by atoms with Crippen LogP contribution in [0.15, 0.2) is 35.8 Å². The maximum Gasteiger partial charge on any atom is 0.271 e. The van der Waals surface area contributed by atoms with Crippen LogP contribution in [0, 0.1) is 11.6 Å². The first-order valence-corrected chi connectivity index (χ1v) is 12.3. The number of carbonyl (C=O) groups is 1. The SMILES string of the molecule is O=C(NCCc1cccs1)c1cnc2c(n1)C(Cc1c(F)ccc(F)c1Cl)CCCCCN2. The summed E-state index contributed by atoms with van der Waals surface area (Å²) in [5.41, 5.74) is 0.916. The molecule has 0 spiro atoms. The number of rotatable bonds is 6. The Hall–Kier alpha value is -2.58. The Morgan fingerprint density at radius 1 is 1.21 bits per heavy atom. The van der Waals surface area contributed by atoms with Crippen molar-refractivity contribution in [2.45, 2.75) is 44.4 Å². The van der Waals surface area contributed by atoms with E-state index in [0.717, 1.165) is 44.4 Å². The molecule has 33 heavy (non-hydrogen) atoms. The minimum Gasteiger partial charge on any atom is -0.369 e. The number of carbonyl (C=O) groups excluding carboxylic acids is 1. The number of hydrogen-bond donors (Lipinski definition) is 2. The topological polar surface area (TPSA) is 66.9 Å². The number of benzene rings is 1. The van der Waals surface area contributed by atoms with Gasteiger partial charge in [-0.2, -0.15) is 0 Å². The van der Waals surface area contributed by atoms with E-state index in [4.69, 9.17) is 11.6 Å². The van der Waals surface area contributed by atoms with Gasteiger partial charge < -0.3 is 10.6 Å². The summed E-state index contributed by atoms with van der Waals surface area (Å²) >= 11 is 7.75. The Morgan fingerprint density at radius 3 is 2.88 bits per heavy atom. The summed E-state index contributed by atoms with van der Waals surface area (Å²) in [6, 6.07) is 6.12. The molecule has 4 rings (SSSR count).